The number of benzene rings is 2. The topological polar surface area (TPSA) is 52.6 Å². The molecule has 0 aliphatic heterocycles. The van der Waals surface area contributed by atoms with E-state index in [1.54, 1.807) is 6.07 Å². The van der Waals surface area contributed by atoms with Crippen molar-refractivity contribution in [2.75, 3.05) is 7.11 Å². The van der Waals surface area contributed by atoms with E-state index in [1.165, 1.54) is 26.2 Å². The van der Waals surface area contributed by atoms with E-state index in [-0.39, 0.29) is 11.1 Å². The quantitative estimate of drug-likeness (QED) is 0.560. The van der Waals surface area contributed by atoms with Gasteiger partial charge in [0, 0.05) is 5.56 Å². The summed E-state index contributed by atoms with van der Waals surface area (Å²) in [5.74, 6) is -3.01. The lowest BCUT2D eigenvalue weighted by atomic mass is 10.1. The number of carbonyl (C=O) groups is 2. The zero-order valence-electron chi connectivity index (χ0n) is 12.8. The number of Topliss-reactive ketones (excluding diaryl/α,β-unsaturated/α-hetero) is 1. The van der Waals surface area contributed by atoms with Crippen molar-refractivity contribution < 1.29 is 27.8 Å². The first-order valence-electron chi connectivity index (χ1n) is 6.87. The van der Waals surface area contributed by atoms with Gasteiger partial charge in [0.2, 0.25) is 5.78 Å². The standard InChI is InChI=1S/C17H13BrF2O4/c1-9(16(21)10-3-5-13(19)14(20)8-10)24-17(22)11-4-6-15(23-2)12(18)7-11/h3-9H,1-2H3. The van der Waals surface area contributed by atoms with Crippen molar-refractivity contribution >= 4 is 27.7 Å². The van der Waals surface area contributed by atoms with Gasteiger partial charge >= 0.3 is 5.97 Å². The third-order valence-corrected chi connectivity index (χ3v) is 3.86. The van der Waals surface area contributed by atoms with E-state index < -0.39 is 29.5 Å². The molecule has 0 spiro atoms. The zero-order valence-corrected chi connectivity index (χ0v) is 14.4. The average molecular weight is 399 g/mol. The summed E-state index contributed by atoms with van der Waals surface area (Å²) in [6, 6.07) is 7.30. The first kappa shape index (κ1) is 18.1. The van der Waals surface area contributed by atoms with Gasteiger partial charge in [0.05, 0.1) is 17.1 Å². The lowest BCUT2D eigenvalue weighted by Crippen LogP contribution is -2.24. The molecule has 0 aliphatic rings. The van der Waals surface area contributed by atoms with Crippen molar-refractivity contribution in [2.24, 2.45) is 0 Å². The van der Waals surface area contributed by atoms with Gasteiger partial charge in [-0.1, -0.05) is 0 Å². The minimum atomic E-state index is -1.15. The first-order chi connectivity index (χ1) is 11.3. The van der Waals surface area contributed by atoms with Gasteiger partial charge in [-0.25, -0.2) is 13.6 Å². The highest BCUT2D eigenvalue weighted by Crippen LogP contribution is 2.26. The van der Waals surface area contributed by atoms with Crippen LogP contribution < -0.4 is 4.74 Å². The Morgan fingerprint density at radius 3 is 2.29 bits per heavy atom. The van der Waals surface area contributed by atoms with Gasteiger partial charge in [0.25, 0.3) is 0 Å². The third kappa shape index (κ3) is 3.97. The smallest absolute Gasteiger partial charge is 0.338 e. The third-order valence-electron chi connectivity index (χ3n) is 3.24. The first-order valence-corrected chi connectivity index (χ1v) is 7.66. The Morgan fingerprint density at radius 1 is 1.04 bits per heavy atom. The van der Waals surface area contributed by atoms with Crippen molar-refractivity contribution in [3.8, 4) is 5.75 Å². The van der Waals surface area contributed by atoms with Crippen LogP contribution in [0.1, 0.15) is 27.6 Å². The maximum absolute atomic E-state index is 13.2. The van der Waals surface area contributed by atoms with Crippen LogP contribution in [0.3, 0.4) is 0 Å². The van der Waals surface area contributed by atoms with Crippen LogP contribution in [-0.2, 0) is 4.74 Å². The number of hydrogen-bond acceptors (Lipinski definition) is 4. The molecule has 2 aromatic carbocycles. The van der Waals surface area contributed by atoms with E-state index in [4.69, 9.17) is 9.47 Å². The number of halogens is 3. The van der Waals surface area contributed by atoms with Gasteiger partial charge in [-0.05, 0) is 59.3 Å². The van der Waals surface area contributed by atoms with Gasteiger partial charge in [0.15, 0.2) is 17.7 Å². The summed E-state index contributed by atoms with van der Waals surface area (Å²) in [4.78, 5) is 24.2. The Morgan fingerprint density at radius 2 is 1.71 bits per heavy atom. The number of rotatable bonds is 5. The molecule has 0 amide bonds. The maximum atomic E-state index is 13.2. The summed E-state index contributed by atoms with van der Waals surface area (Å²) < 4.78 is 36.8. The molecule has 2 aromatic rings. The van der Waals surface area contributed by atoms with Crippen molar-refractivity contribution in [1.29, 1.82) is 0 Å². The van der Waals surface area contributed by atoms with E-state index in [9.17, 15) is 18.4 Å². The van der Waals surface area contributed by atoms with Crippen LogP contribution in [-0.4, -0.2) is 25.0 Å². The number of methoxy groups -OCH3 is 1. The second-order valence-corrected chi connectivity index (χ2v) is 5.74. The molecule has 0 bridgehead atoms. The van der Waals surface area contributed by atoms with E-state index in [0.717, 1.165) is 18.2 Å². The van der Waals surface area contributed by atoms with E-state index in [1.807, 2.05) is 0 Å². The molecule has 0 saturated carbocycles. The summed E-state index contributed by atoms with van der Waals surface area (Å²) in [6.07, 6.45) is -1.15. The molecule has 126 valence electrons. The molecule has 24 heavy (non-hydrogen) atoms. The molecule has 1 atom stereocenters. The number of ketones is 1. The number of esters is 1. The van der Waals surface area contributed by atoms with Gasteiger partial charge in [-0.15, -0.1) is 0 Å². The van der Waals surface area contributed by atoms with Crippen molar-refractivity contribution in [3.63, 3.8) is 0 Å². The fourth-order valence-electron chi connectivity index (χ4n) is 1.96. The summed E-state index contributed by atoms with van der Waals surface area (Å²) in [5, 5.41) is 0. The van der Waals surface area contributed by atoms with Crippen LogP contribution in [0.15, 0.2) is 40.9 Å². The predicted molar refractivity (Wildman–Crippen MR) is 86.3 cm³/mol. The lowest BCUT2D eigenvalue weighted by molar-refractivity contribution is 0.0318. The zero-order chi connectivity index (χ0) is 17.9. The molecule has 0 heterocycles. The lowest BCUT2D eigenvalue weighted by Gasteiger charge is -2.13. The molecule has 7 heteroatoms. The summed E-state index contributed by atoms with van der Waals surface area (Å²) in [6.45, 7) is 1.36. The van der Waals surface area contributed by atoms with Crippen molar-refractivity contribution in [1.82, 2.24) is 0 Å². The molecular weight excluding hydrogens is 386 g/mol. The normalized spacial score (nSPS) is 11.7. The number of carbonyl (C=O) groups excluding carboxylic acids is 2. The Kier molecular flexibility index (Phi) is 5.66. The van der Waals surface area contributed by atoms with Crippen LogP contribution >= 0.6 is 15.9 Å². The summed E-state index contributed by atoms with van der Waals surface area (Å²) >= 11 is 3.25. The summed E-state index contributed by atoms with van der Waals surface area (Å²) in [5.41, 5.74) is 0.137. The minimum Gasteiger partial charge on any atom is -0.496 e. The molecule has 0 aromatic heterocycles. The van der Waals surface area contributed by atoms with Crippen LogP contribution in [0.25, 0.3) is 0 Å². The van der Waals surface area contributed by atoms with E-state index in [0.29, 0.717) is 10.2 Å². The molecule has 0 saturated heterocycles. The second-order valence-electron chi connectivity index (χ2n) is 4.89. The minimum absolute atomic E-state index is 0.0786. The predicted octanol–water partition coefficient (Wildman–Crippen LogP) is 4.16. The van der Waals surface area contributed by atoms with Gasteiger partial charge < -0.3 is 9.47 Å². The SMILES string of the molecule is COc1ccc(C(=O)OC(C)C(=O)c2ccc(F)c(F)c2)cc1Br. The highest BCUT2D eigenvalue weighted by atomic mass is 79.9. The average Bonchev–Trinajstić information content (AvgIpc) is 2.56. The second kappa shape index (κ2) is 7.53. The molecule has 0 N–H and O–H groups in total. The molecular formula is C17H13BrF2O4. The van der Waals surface area contributed by atoms with E-state index in [2.05, 4.69) is 15.9 Å². The molecule has 0 fully saturated rings. The Labute approximate surface area is 145 Å². The Hall–Kier alpha value is -2.28. The fourth-order valence-corrected chi connectivity index (χ4v) is 2.50. The largest absolute Gasteiger partial charge is 0.496 e. The molecule has 0 aliphatic carbocycles. The Balaban J connectivity index is 2.11. The highest BCUT2D eigenvalue weighted by molar-refractivity contribution is 9.10. The number of ether oxygens (including phenoxy) is 2. The number of hydrogen-bond donors (Lipinski definition) is 0. The molecule has 2 rings (SSSR count). The highest BCUT2D eigenvalue weighted by Gasteiger charge is 2.22. The van der Waals surface area contributed by atoms with Crippen LogP contribution in [0.5, 0.6) is 5.75 Å². The van der Waals surface area contributed by atoms with Crippen LogP contribution in [0, 0.1) is 11.6 Å². The Bertz CT molecular complexity index is 792. The van der Waals surface area contributed by atoms with Crippen molar-refractivity contribution in [2.45, 2.75) is 13.0 Å². The van der Waals surface area contributed by atoms with Crippen LogP contribution in [0.2, 0.25) is 0 Å². The van der Waals surface area contributed by atoms with Gasteiger partial charge in [0.1, 0.15) is 5.75 Å². The van der Waals surface area contributed by atoms with Gasteiger partial charge in [-0.3, -0.25) is 4.79 Å². The summed E-state index contributed by atoms with van der Waals surface area (Å²) in [7, 11) is 1.49. The molecule has 1 unspecified atom stereocenters. The maximum Gasteiger partial charge on any atom is 0.338 e. The van der Waals surface area contributed by atoms with Gasteiger partial charge in [-0.2, -0.15) is 0 Å². The van der Waals surface area contributed by atoms with E-state index >= 15 is 0 Å². The fraction of sp³-hybridized carbons (Fsp3) is 0.176. The van der Waals surface area contributed by atoms with Crippen LogP contribution in [0.4, 0.5) is 8.78 Å². The van der Waals surface area contributed by atoms with Crippen molar-refractivity contribution in [3.05, 3.63) is 63.6 Å². The molecule has 0 radical (unpaired) electrons. The monoisotopic (exact) mass is 398 g/mol. The molecule has 4 nitrogen and oxygen atoms in total.